The summed E-state index contributed by atoms with van der Waals surface area (Å²) in [5.41, 5.74) is -0.788. The van der Waals surface area contributed by atoms with Crippen LogP contribution < -0.4 is 0 Å². The number of fused-ring (bicyclic) bond motifs is 1. The largest absolute Gasteiger partial charge is 0.381 e. The van der Waals surface area contributed by atoms with Gasteiger partial charge in [-0.1, -0.05) is 24.3 Å². The lowest BCUT2D eigenvalue weighted by Crippen LogP contribution is -2.42. The molecular formula is C11H10O3. The van der Waals surface area contributed by atoms with Crippen LogP contribution >= 0.6 is 0 Å². The first-order valence-corrected chi connectivity index (χ1v) is 4.42. The molecule has 0 amide bonds. The molecule has 1 N–H and O–H groups in total. The van der Waals surface area contributed by atoms with E-state index in [9.17, 15) is 14.7 Å². The molecule has 1 aromatic carbocycles. The van der Waals surface area contributed by atoms with Gasteiger partial charge in [0.25, 0.3) is 0 Å². The molecule has 0 heterocycles. The Morgan fingerprint density at radius 2 is 1.79 bits per heavy atom. The number of rotatable bonds is 0. The second kappa shape index (κ2) is 2.75. The highest BCUT2D eigenvalue weighted by Crippen LogP contribution is 2.27. The van der Waals surface area contributed by atoms with E-state index in [1.807, 2.05) is 0 Å². The van der Waals surface area contributed by atoms with Gasteiger partial charge in [0.05, 0.1) is 0 Å². The number of ketones is 2. The van der Waals surface area contributed by atoms with Crippen molar-refractivity contribution in [3.05, 3.63) is 35.4 Å². The molecule has 0 saturated carbocycles. The van der Waals surface area contributed by atoms with Gasteiger partial charge in [-0.2, -0.15) is 0 Å². The van der Waals surface area contributed by atoms with Crippen molar-refractivity contribution in [1.82, 2.24) is 0 Å². The highest BCUT2D eigenvalue weighted by atomic mass is 16.3. The smallest absolute Gasteiger partial charge is 0.195 e. The molecule has 0 bridgehead atoms. The fourth-order valence-corrected chi connectivity index (χ4v) is 1.70. The highest BCUT2D eigenvalue weighted by molar-refractivity contribution is 6.17. The number of hydrogen-bond donors (Lipinski definition) is 1. The molecule has 14 heavy (non-hydrogen) atoms. The van der Waals surface area contributed by atoms with Crippen molar-refractivity contribution in [2.75, 3.05) is 0 Å². The number of carbonyl (C=O) groups is 2. The van der Waals surface area contributed by atoms with E-state index in [4.69, 9.17) is 0 Å². The van der Waals surface area contributed by atoms with Crippen LogP contribution in [-0.2, 0) is 0 Å². The summed E-state index contributed by atoms with van der Waals surface area (Å²) in [4.78, 5) is 23.2. The minimum Gasteiger partial charge on any atom is -0.381 e. The van der Waals surface area contributed by atoms with Crippen molar-refractivity contribution in [3.8, 4) is 0 Å². The minimum absolute atomic E-state index is 0.122. The molecular weight excluding hydrogens is 180 g/mol. The number of aliphatic hydroxyl groups is 1. The van der Waals surface area contributed by atoms with Crippen molar-refractivity contribution in [3.63, 3.8) is 0 Å². The lowest BCUT2D eigenvalue weighted by Gasteiger charge is -2.26. The summed E-state index contributed by atoms with van der Waals surface area (Å²) in [7, 11) is 0. The maximum Gasteiger partial charge on any atom is 0.195 e. The molecule has 0 aliphatic heterocycles. The molecule has 1 aliphatic carbocycles. The summed E-state index contributed by atoms with van der Waals surface area (Å²) in [6.45, 7) is 1.38. The molecule has 0 radical (unpaired) electrons. The third kappa shape index (κ3) is 1.17. The van der Waals surface area contributed by atoms with E-state index in [1.54, 1.807) is 24.3 Å². The predicted molar refractivity (Wildman–Crippen MR) is 50.3 cm³/mol. The summed E-state index contributed by atoms with van der Waals surface area (Å²) >= 11 is 0. The number of hydrogen-bond acceptors (Lipinski definition) is 3. The number of carbonyl (C=O) groups excluding carboxylic acids is 2. The molecule has 1 atom stereocenters. The Hall–Kier alpha value is -1.48. The molecule has 1 aliphatic rings. The monoisotopic (exact) mass is 190 g/mol. The zero-order valence-electron chi connectivity index (χ0n) is 7.78. The van der Waals surface area contributed by atoms with Gasteiger partial charge in [-0.15, -0.1) is 0 Å². The van der Waals surface area contributed by atoms with Crippen LogP contribution in [0.15, 0.2) is 24.3 Å². The molecule has 2 rings (SSSR count). The van der Waals surface area contributed by atoms with Crippen LogP contribution in [0.25, 0.3) is 0 Å². The van der Waals surface area contributed by atoms with Crippen LogP contribution in [0, 0.1) is 0 Å². The van der Waals surface area contributed by atoms with Gasteiger partial charge in [-0.3, -0.25) is 9.59 Å². The van der Waals surface area contributed by atoms with E-state index < -0.39 is 5.60 Å². The molecule has 1 aromatic rings. The van der Waals surface area contributed by atoms with Gasteiger partial charge in [0.15, 0.2) is 11.6 Å². The van der Waals surface area contributed by atoms with Crippen molar-refractivity contribution in [1.29, 1.82) is 0 Å². The Kier molecular flexibility index (Phi) is 1.79. The summed E-state index contributed by atoms with van der Waals surface area (Å²) in [6, 6.07) is 6.59. The first-order valence-electron chi connectivity index (χ1n) is 4.42. The van der Waals surface area contributed by atoms with Crippen LogP contribution in [0.1, 0.15) is 34.1 Å². The number of benzene rings is 1. The average Bonchev–Trinajstić information content (AvgIpc) is 2.14. The second-order valence-electron chi connectivity index (χ2n) is 3.75. The van der Waals surface area contributed by atoms with Gasteiger partial charge in [-0.05, 0) is 6.92 Å². The van der Waals surface area contributed by atoms with Crippen molar-refractivity contribution in [2.24, 2.45) is 0 Å². The van der Waals surface area contributed by atoms with E-state index in [0.717, 1.165) is 0 Å². The van der Waals surface area contributed by atoms with Gasteiger partial charge in [0.2, 0.25) is 0 Å². The minimum atomic E-state index is -1.54. The first-order chi connectivity index (χ1) is 6.52. The molecule has 0 aromatic heterocycles. The Labute approximate surface area is 81.4 Å². The third-order valence-corrected chi connectivity index (χ3v) is 2.47. The van der Waals surface area contributed by atoms with Gasteiger partial charge in [0.1, 0.15) is 5.60 Å². The average molecular weight is 190 g/mol. The van der Waals surface area contributed by atoms with Crippen LogP contribution in [0.2, 0.25) is 0 Å². The van der Waals surface area contributed by atoms with E-state index in [1.165, 1.54) is 6.92 Å². The lowest BCUT2D eigenvalue weighted by molar-refractivity contribution is 0.0327. The van der Waals surface area contributed by atoms with Crippen molar-refractivity contribution in [2.45, 2.75) is 18.9 Å². The lowest BCUT2D eigenvalue weighted by atomic mass is 9.80. The van der Waals surface area contributed by atoms with E-state index >= 15 is 0 Å². The Morgan fingerprint density at radius 3 is 2.43 bits per heavy atom. The Balaban J connectivity index is 2.63. The van der Waals surface area contributed by atoms with Crippen LogP contribution in [0.5, 0.6) is 0 Å². The molecule has 0 spiro atoms. The third-order valence-electron chi connectivity index (χ3n) is 2.47. The summed E-state index contributed by atoms with van der Waals surface area (Å²) in [5, 5.41) is 9.69. The van der Waals surface area contributed by atoms with Crippen LogP contribution in [0.3, 0.4) is 0 Å². The van der Waals surface area contributed by atoms with Crippen molar-refractivity contribution >= 4 is 11.6 Å². The summed E-state index contributed by atoms with van der Waals surface area (Å²) in [5.74, 6) is -0.544. The normalized spacial score (nSPS) is 26.1. The van der Waals surface area contributed by atoms with E-state index in [0.29, 0.717) is 11.1 Å². The second-order valence-corrected chi connectivity index (χ2v) is 3.75. The van der Waals surface area contributed by atoms with Crippen LogP contribution in [0.4, 0.5) is 0 Å². The summed E-state index contributed by atoms with van der Waals surface area (Å²) < 4.78 is 0. The summed E-state index contributed by atoms with van der Waals surface area (Å²) in [6.07, 6.45) is -0.122. The van der Waals surface area contributed by atoms with Crippen molar-refractivity contribution < 1.29 is 14.7 Å². The highest BCUT2D eigenvalue weighted by Gasteiger charge is 2.40. The zero-order valence-corrected chi connectivity index (χ0v) is 7.78. The standard InChI is InChI=1S/C11H10O3/c1-11(14)6-9(12)7-4-2-3-5-8(7)10(11)13/h2-5,14H,6H2,1H3. The van der Waals surface area contributed by atoms with Gasteiger partial charge < -0.3 is 5.11 Å². The molecule has 1 unspecified atom stereocenters. The van der Waals surface area contributed by atoms with Crippen LogP contribution in [-0.4, -0.2) is 22.3 Å². The molecule has 3 heteroatoms. The Bertz CT molecular complexity index is 418. The van der Waals surface area contributed by atoms with Gasteiger partial charge >= 0.3 is 0 Å². The van der Waals surface area contributed by atoms with E-state index in [-0.39, 0.29) is 18.0 Å². The topological polar surface area (TPSA) is 54.4 Å². The molecule has 0 fully saturated rings. The first kappa shape index (κ1) is 9.09. The fraction of sp³-hybridized carbons (Fsp3) is 0.273. The quantitative estimate of drug-likeness (QED) is 0.669. The SMILES string of the molecule is CC1(O)CC(=O)c2ccccc2C1=O. The Morgan fingerprint density at radius 1 is 1.21 bits per heavy atom. The molecule has 72 valence electrons. The maximum absolute atomic E-state index is 11.7. The van der Waals surface area contributed by atoms with Gasteiger partial charge in [0, 0.05) is 17.5 Å². The maximum atomic E-state index is 11.7. The zero-order chi connectivity index (χ0) is 10.3. The number of Topliss-reactive ketones (excluding diaryl/α,β-unsaturated/α-hetero) is 2. The molecule has 0 saturated heterocycles. The van der Waals surface area contributed by atoms with Gasteiger partial charge in [-0.25, -0.2) is 0 Å². The predicted octanol–water partition coefficient (Wildman–Crippen LogP) is 1.21. The fourth-order valence-electron chi connectivity index (χ4n) is 1.70. The van der Waals surface area contributed by atoms with E-state index in [2.05, 4.69) is 0 Å². The molecule has 3 nitrogen and oxygen atoms in total.